The number of H-pyrrole nitrogens is 1. The number of aliphatic hydroxyl groups is 1. The van der Waals surface area contributed by atoms with Gasteiger partial charge in [0.25, 0.3) is 0 Å². The predicted molar refractivity (Wildman–Crippen MR) is 109 cm³/mol. The maximum Gasteiger partial charge on any atom is 0.181 e. The monoisotopic (exact) mass is 386 g/mol. The average Bonchev–Trinajstić information content (AvgIpc) is 3.50. The van der Waals surface area contributed by atoms with Crippen molar-refractivity contribution in [3.05, 3.63) is 36.3 Å². The Labute approximate surface area is 165 Å². The van der Waals surface area contributed by atoms with Crippen molar-refractivity contribution in [1.29, 1.82) is 0 Å². The molecule has 3 N–H and O–H groups in total. The van der Waals surface area contributed by atoms with Crippen molar-refractivity contribution in [2.75, 3.05) is 24.5 Å². The second-order valence-corrected chi connectivity index (χ2v) is 7.93. The smallest absolute Gasteiger partial charge is 0.181 e. The first-order valence-corrected chi connectivity index (χ1v) is 9.71. The molecule has 0 aromatic carbocycles. The normalized spacial score (nSPS) is 22.4. The van der Waals surface area contributed by atoms with Gasteiger partial charge in [-0.1, -0.05) is 0 Å². The fourth-order valence-corrected chi connectivity index (χ4v) is 4.12. The van der Waals surface area contributed by atoms with Gasteiger partial charge in [-0.2, -0.15) is 5.10 Å². The summed E-state index contributed by atoms with van der Waals surface area (Å²) >= 11 is 0. The minimum absolute atomic E-state index is 0. The molecular formula is C20H27FN6O. The summed E-state index contributed by atoms with van der Waals surface area (Å²) in [7, 11) is 0. The molecule has 1 aliphatic carbocycles. The van der Waals surface area contributed by atoms with Gasteiger partial charge in [-0.05, 0) is 49.9 Å². The lowest BCUT2D eigenvalue weighted by molar-refractivity contribution is -0.00278. The van der Waals surface area contributed by atoms with Crippen molar-refractivity contribution in [2.45, 2.75) is 31.4 Å². The molecule has 0 bridgehead atoms. The van der Waals surface area contributed by atoms with Gasteiger partial charge in [-0.3, -0.25) is 5.10 Å². The van der Waals surface area contributed by atoms with Crippen LogP contribution in [0.15, 0.2) is 30.5 Å². The second-order valence-electron chi connectivity index (χ2n) is 7.93. The SMILES string of the molecule is CC(O)(C1CC1)C1CN(c2ccc(F)c(-c3[nH]nc4ncccc34)n2)CCN1.[HH].[HH]. The van der Waals surface area contributed by atoms with Gasteiger partial charge in [0.05, 0.1) is 17.3 Å². The Balaban J connectivity index is 0.00000128. The molecule has 2 atom stereocenters. The van der Waals surface area contributed by atoms with Crippen molar-refractivity contribution in [3.8, 4) is 11.4 Å². The second kappa shape index (κ2) is 6.49. The van der Waals surface area contributed by atoms with Crippen molar-refractivity contribution >= 4 is 16.9 Å². The van der Waals surface area contributed by atoms with E-state index in [-0.39, 0.29) is 14.6 Å². The zero-order valence-electron chi connectivity index (χ0n) is 15.7. The number of anilines is 1. The van der Waals surface area contributed by atoms with Crippen LogP contribution in [-0.4, -0.2) is 56.5 Å². The van der Waals surface area contributed by atoms with Crippen LogP contribution in [0.3, 0.4) is 0 Å². The van der Waals surface area contributed by atoms with Gasteiger partial charge in [0.2, 0.25) is 0 Å². The molecule has 7 nitrogen and oxygen atoms in total. The van der Waals surface area contributed by atoms with E-state index in [1.807, 2.05) is 13.0 Å². The van der Waals surface area contributed by atoms with Gasteiger partial charge in [0.1, 0.15) is 11.5 Å². The molecule has 3 aromatic heterocycles. The molecule has 28 heavy (non-hydrogen) atoms. The Bertz CT molecular complexity index is 1030. The summed E-state index contributed by atoms with van der Waals surface area (Å²) in [5.41, 5.74) is 0.551. The fraction of sp³-hybridized carbons (Fsp3) is 0.450. The van der Waals surface area contributed by atoms with Crippen LogP contribution in [-0.2, 0) is 0 Å². The summed E-state index contributed by atoms with van der Waals surface area (Å²) in [6.07, 6.45) is 3.80. The number of aromatic amines is 1. The molecule has 0 amide bonds. The maximum atomic E-state index is 14.6. The molecule has 0 spiro atoms. The predicted octanol–water partition coefficient (Wildman–Crippen LogP) is 2.59. The van der Waals surface area contributed by atoms with Gasteiger partial charge in [-0.25, -0.2) is 14.4 Å². The average molecular weight is 386 g/mol. The quantitative estimate of drug-likeness (QED) is 0.639. The highest BCUT2D eigenvalue weighted by Gasteiger charge is 2.46. The van der Waals surface area contributed by atoms with Crippen LogP contribution in [0.2, 0.25) is 0 Å². The third-order valence-electron chi connectivity index (χ3n) is 6.01. The molecule has 8 heteroatoms. The highest BCUT2D eigenvalue weighted by atomic mass is 19.1. The lowest BCUT2D eigenvalue weighted by Crippen LogP contribution is -2.61. The Morgan fingerprint density at radius 2 is 2.18 bits per heavy atom. The maximum absolute atomic E-state index is 14.6. The summed E-state index contributed by atoms with van der Waals surface area (Å²) in [6, 6.07) is 6.74. The number of piperazine rings is 1. The van der Waals surface area contributed by atoms with E-state index >= 15 is 0 Å². The third kappa shape index (κ3) is 2.93. The van der Waals surface area contributed by atoms with Crippen LogP contribution in [0.25, 0.3) is 22.4 Å². The van der Waals surface area contributed by atoms with Crippen molar-refractivity contribution in [3.63, 3.8) is 0 Å². The lowest BCUT2D eigenvalue weighted by atomic mass is 9.89. The van der Waals surface area contributed by atoms with E-state index in [0.717, 1.165) is 31.3 Å². The summed E-state index contributed by atoms with van der Waals surface area (Å²) < 4.78 is 14.6. The van der Waals surface area contributed by atoms with Gasteiger partial charge < -0.3 is 15.3 Å². The van der Waals surface area contributed by atoms with Crippen LogP contribution in [0.4, 0.5) is 10.2 Å². The molecule has 2 aliphatic rings. The van der Waals surface area contributed by atoms with Crippen molar-refractivity contribution in [1.82, 2.24) is 25.5 Å². The summed E-state index contributed by atoms with van der Waals surface area (Å²) in [6.45, 7) is 4.05. The molecule has 4 heterocycles. The van der Waals surface area contributed by atoms with Crippen LogP contribution in [0.5, 0.6) is 0 Å². The van der Waals surface area contributed by atoms with E-state index in [9.17, 15) is 9.50 Å². The van der Waals surface area contributed by atoms with E-state index in [1.54, 1.807) is 18.3 Å². The molecule has 2 unspecified atom stereocenters. The minimum Gasteiger partial charge on any atom is -0.388 e. The van der Waals surface area contributed by atoms with E-state index in [1.165, 1.54) is 6.07 Å². The van der Waals surface area contributed by atoms with E-state index < -0.39 is 11.4 Å². The topological polar surface area (TPSA) is 90.0 Å². The summed E-state index contributed by atoms with van der Waals surface area (Å²) in [4.78, 5) is 10.9. The summed E-state index contributed by atoms with van der Waals surface area (Å²) in [5, 5.41) is 22.1. The Hall–Kier alpha value is -2.58. The molecule has 1 saturated heterocycles. The van der Waals surface area contributed by atoms with Gasteiger partial charge in [-0.15, -0.1) is 0 Å². The molecular weight excluding hydrogens is 359 g/mol. The molecule has 5 rings (SSSR count). The first-order valence-electron chi connectivity index (χ1n) is 9.71. The Morgan fingerprint density at radius 1 is 1.32 bits per heavy atom. The molecule has 1 saturated carbocycles. The Morgan fingerprint density at radius 3 is 3.00 bits per heavy atom. The van der Waals surface area contributed by atoms with Crippen LogP contribution in [0, 0.1) is 11.7 Å². The standard InChI is InChI=1S/C20H23FN6O.2H2/c1-20(28,12-4-5-12)15-11-27(10-9-22-15)16-7-6-14(21)18(24-16)17-13-3-2-8-23-19(13)26-25-17;;/h2-3,6-8,12,15,22,28H,4-5,9-11H2,1H3,(H,23,25,26);2*1H. The number of halogens is 1. The summed E-state index contributed by atoms with van der Waals surface area (Å²) in [5.74, 6) is 0.640. The molecule has 2 fully saturated rings. The van der Waals surface area contributed by atoms with Crippen molar-refractivity contribution < 1.29 is 12.4 Å². The molecule has 3 aromatic rings. The van der Waals surface area contributed by atoms with E-state index in [0.29, 0.717) is 29.6 Å². The number of hydrogen-bond donors (Lipinski definition) is 3. The van der Waals surface area contributed by atoms with Crippen LogP contribution < -0.4 is 10.2 Å². The number of fused-ring (bicyclic) bond motifs is 1. The van der Waals surface area contributed by atoms with E-state index in [2.05, 4.69) is 30.4 Å². The molecule has 150 valence electrons. The van der Waals surface area contributed by atoms with Crippen molar-refractivity contribution in [2.24, 2.45) is 5.92 Å². The fourth-order valence-electron chi connectivity index (χ4n) is 4.12. The van der Waals surface area contributed by atoms with Gasteiger partial charge in [0, 0.05) is 34.1 Å². The zero-order chi connectivity index (χ0) is 19.3. The number of hydrogen-bond acceptors (Lipinski definition) is 6. The van der Waals surface area contributed by atoms with Gasteiger partial charge >= 0.3 is 0 Å². The first kappa shape index (κ1) is 17.5. The van der Waals surface area contributed by atoms with Gasteiger partial charge in [0.15, 0.2) is 11.5 Å². The van der Waals surface area contributed by atoms with Crippen LogP contribution >= 0.6 is 0 Å². The zero-order valence-corrected chi connectivity index (χ0v) is 15.7. The minimum atomic E-state index is -0.743. The van der Waals surface area contributed by atoms with Crippen LogP contribution in [0.1, 0.15) is 22.6 Å². The highest BCUT2D eigenvalue weighted by Crippen LogP contribution is 2.42. The first-order chi connectivity index (χ1) is 13.5. The van der Waals surface area contributed by atoms with E-state index in [4.69, 9.17) is 0 Å². The molecule has 0 radical (unpaired) electrons. The lowest BCUT2D eigenvalue weighted by Gasteiger charge is -2.42. The Kier molecular flexibility index (Phi) is 4.06. The highest BCUT2D eigenvalue weighted by molar-refractivity contribution is 5.89. The number of nitrogens with one attached hydrogen (secondary N) is 2. The number of aromatic nitrogens is 4. The third-order valence-corrected chi connectivity index (χ3v) is 6.01. The number of pyridine rings is 2. The largest absolute Gasteiger partial charge is 0.388 e. The number of rotatable bonds is 4. The molecule has 1 aliphatic heterocycles. The number of nitrogens with zero attached hydrogens (tertiary/aromatic N) is 4.